The van der Waals surface area contributed by atoms with Gasteiger partial charge in [0.25, 0.3) is 11.8 Å². The molecule has 0 aliphatic heterocycles. The van der Waals surface area contributed by atoms with Gasteiger partial charge in [-0.15, -0.1) is 0 Å². The summed E-state index contributed by atoms with van der Waals surface area (Å²) in [6.07, 6.45) is 5.12. The number of halogens is 1. The van der Waals surface area contributed by atoms with Crippen molar-refractivity contribution in [1.82, 2.24) is 25.6 Å². The predicted molar refractivity (Wildman–Crippen MR) is 146 cm³/mol. The summed E-state index contributed by atoms with van der Waals surface area (Å²) in [5, 5.41) is 9.29. The third-order valence-corrected chi connectivity index (χ3v) is 6.75. The topological polar surface area (TPSA) is 109 Å². The monoisotopic (exact) mass is 518 g/mol. The average molecular weight is 519 g/mol. The van der Waals surface area contributed by atoms with Gasteiger partial charge in [-0.2, -0.15) is 11.8 Å². The Bertz CT molecular complexity index is 1450. The summed E-state index contributed by atoms with van der Waals surface area (Å²) in [6.45, 7) is 0.562. The Morgan fingerprint density at radius 3 is 2.49 bits per heavy atom. The highest BCUT2D eigenvalue weighted by Gasteiger charge is 2.18. The van der Waals surface area contributed by atoms with E-state index in [2.05, 4.69) is 30.9 Å². The van der Waals surface area contributed by atoms with E-state index in [1.165, 1.54) is 25.5 Å². The van der Waals surface area contributed by atoms with Gasteiger partial charge in [0.2, 0.25) is 0 Å². The molecule has 0 bridgehead atoms. The second kappa shape index (κ2) is 11.8. The molecule has 37 heavy (non-hydrogen) atoms. The smallest absolute Gasteiger partial charge is 0.253 e. The quantitative estimate of drug-likeness (QED) is 0.306. The van der Waals surface area contributed by atoms with Crippen LogP contribution in [0.15, 0.2) is 61.1 Å². The summed E-state index contributed by atoms with van der Waals surface area (Å²) in [5.74, 6) is 0.225. The third-order valence-electron chi connectivity index (χ3n) is 6.01. The molecule has 0 spiro atoms. The molecule has 0 saturated heterocycles. The standard InChI is InChI=1S/C27H27FN6O2S/c1-29-26(35)20-9-10-31-25-18(5-4-6-19(20)25)17(14-37-3)13-32-24-12-23(33-15-34-24)16-7-8-21(22(28)11-16)27(36)30-2/h4-12,15,17H,13-14H2,1-3H3,(H,29,35)(H,30,36)(H,32,33,34). The molecule has 2 amide bonds. The lowest BCUT2D eigenvalue weighted by atomic mass is 9.95. The SMILES string of the molecule is CNC(=O)c1ccc(-c2cc(NCC(CSC)c3cccc4c(C(=O)NC)ccnc34)ncn2)cc1F. The summed E-state index contributed by atoms with van der Waals surface area (Å²) in [6, 6.07) is 13.7. The van der Waals surface area contributed by atoms with E-state index in [1.807, 2.05) is 24.5 Å². The molecule has 0 aliphatic rings. The summed E-state index contributed by atoms with van der Waals surface area (Å²) >= 11 is 1.72. The molecule has 0 radical (unpaired) electrons. The number of thioether (sulfide) groups is 1. The van der Waals surface area contributed by atoms with Gasteiger partial charge >= 0.3 is 0 Å². The molecular formula is C27H27FN6O2S. The van der Waals surface area contributed by atoms with Gasteiger partial charge in [-0.3, -0.25) is 14.6 Å². The maximum absolute atomic E-state index is 14.5. The Morgan fingerprint density at radius 2 is 1.76 bits per heavy atom. The van der Waals surface area contributed by atoms with Crippen molar-refractivity contribution in [2.45, 2.75) is 5.92 Å². The number of amides is 2. The summed E-state index contributed by atoms with van der Waals surface area (Å²) in [5.41, 5.74) is 3.45. The lowest BCUT2D eigenvalue weighted by Gasteiger charge is -2.19. The van der Waals surface area contributed by atoms with Crippen molar-refractivity contribution in [3.63, 3.8) is 0 Å². The molecule has 8 nitrogen and oxygen atoms in total. The molecule has 0 aliphatic carbocycles. The maximum Gasteiger partial charge on any atom is 0.253 e. The molecule has 0 fully saturated rings. The number of carbonyl (C=O) groups excluding carboxylic acids is 2. The number of fused-ring (bicyclic) bond motifs is 1. The fraction of sp³-hybridized carbons (Fsp3) is 0.222. The number of aromatic nitrogens is 3. The number of hydrogen-bond acceptors (Lipinski definition) is 7. The molecule has 2 heterocycles. The van der Waals surface area contributed by atoms with Crippen LogP contribution in [0.3, 0.4) is 0 Å². The number of hydrogen-bond donors (Lipinski definition) is 3. The first-order chi connectivity index (χ1) is 18.0. The molecule has 190 valence electrons. The number of rotatable bonds is 9. The number of carbonyl (C=O) groups is 2. The van der Waals surface area contributed by atoms with Crippen molar-refractivity contribution in [3.8, 4) is 11.3 Å². The van der Waals surface area contributed by atoms with E-state index in [4.69, 9.17) is 0 Å². The number of pyridine rings is 1. The second-order valence-electron chi connectivity index (χ2n) is 8.28. The van der Waals surface area contributed by atoms with Crippen LogP contribution >= 0.6 is 11.8 Å². The first-order valence-corrected chi connectivity index (χ1v) is 13.0. The summed E-state index contributed by atoms with van der Waals surface area (Å²) < 4.78 is 14.5. The van der Waals surface area contributed by atoms with E-state index in [9.17, 15) is 14.0 Å². The van der Waals surface area contributed by atoms with Crippen molar-refractivity contribution in [2.24, 2.45) is 0 Å². The number of anilines is 1. The zero-order chi connectivity index (χ0) is 26.4. The van der Waals surface area contributed by atoms with Gasteiger partial charge in [-0.05, 0) is 30.0 Å². The van der Waals surface area contributed by atoms with E-state index >= 15 is 0 Å². The molecule has 4 rings (SSSR count). The van der Waals surface area contributed by atoms with Gasteiger partial charge < -0.3 is 16.0 Å². The Morgan fingerprint density at radius 1 is 0.973 bits per heavy atom. The molecule has 1 unspecified atom stereocenters. The van der Waals surface area contributed by atoms with Crippen molar-refractivity contribution in [3.05, 3.63) is 83.6 Å². The van der Waals surface area contributed by atoms with Crippen molar-refractivity contribution >= 4 is 40.3 Å². The number of para-hydroxylation sites is 1. The second-order valence-corrected chi connectivity index (χ2v) is 9.19. The Kier molecular flexibility index (Phi) is 8.29. The summed E-state index contributed by atoms with van der Waals surface area (Å²) in [7, 11) is 3.07. The third kappa shape index (κ3) is 5.69. The van der Waals surface area contributed by atoms with Gasteiger partial charge in [0, 0.05) is 55.5 Å². The van der Waals surface area contributed by atoms with Crippen LogP contribution in [0.2, 0.25) is 0 Å². The first kappa shape index (κ1) is 26.0. The Labute approximate surface area is 218 Å². The lowest BCUT2D eigenvalue weighted by molar-refractivity contribution is 0.0953. The fourth-order valence-corrected chi connectivity index (χ4v) is 4.85. The number of nitrogens with one attached hydrogen (secondary N) is 3. The van der Waals surface area contributed by atoms with E-state index in [0.29, 0.717) is 29.2 Å². The van der Waals surface area contributed by atoms with Crippen LogP contribution in [0, 0.1) is 5.82 Å². The van der Waals surface area contributed by atoms with Gasteiger partial charge in [-0.1, -0.05) is 24.3 Å². The zero-order valence-corrected chi connectivity index (χ0v) is 21.5. The Balaban J connectivity index is 1.59. The molecule has 0 saturated carbocycles. The maximum atomic E-state index is 14.5. The number of benzene rings is 2. The Hall–Kier alpha value is -4.05. The van der Waals surface area contributed by atoms with Crippen LogP contribution < -0.4 is 16.0 Å². The van der Waals surface area contributed by atoms with Crippen LogP contribution in [0.25, 0.3) is 22.2 Å². The van der Waals surface area contributed by atoms with E-state index in [0.717, 1.165) is 22.2 Å². The molecule has 10 heteroatoms. The fourth-order valence-electron chi connectivity index (χ4n) is 4.15. The molecule has 3 N–H and O–H groups in total. The van der Waals surface area contributed by atoms with E-state index in [-0.39, 0.29) is 17.4 Å². The first-order valence-electron chi connectivity index (χ1n) is 11.6. The zero-order valence-electron chi connectivity index (χ0n) is 20.7. The minimum absolute atomic E-state index is 0.0261. The van der Waals surface area contributed by atoms with E-state index < -0.39 is 11.7 Å². The van der Waals surface area contributed by atoms with Gasteiger partial charge in [0.1, 0.15) is 18.0 Å². The molecular weight excluding hydrogens is 491 g/mol. The van der Waals surface area contributed by atoms with Crippen molar-refractivity contribution in [2.75, 3.05) is 38.0 Å². The van der Waals surface area contributed by atoms with Crippen molar-refractivity contribution in [1.29, 1.82) is 0 Å². The van der Waals surface area contributed by atoms with Crippen LogP contribution in [0.4, 0.5) is 10.2 Å². The molecule has 2 aromatic heterocycles. The van der Waals surface area contributed by atoms with Gasteiger partial charge in [0.15, 0.2) is 0 Å². The van der Waals surface area contributed by atoms with E-state index in [1.54, 1.807) is 43.2 Å². The highest BCUT2D eigenvalue weighted by molar-refractivity contribution is 7.98. The van der Waals surface area contributed by atoms with Crippen LogP contribution in [-0.4, -0.2) is 59.4 Å². The van der Waals surface area contributed by atoms with Crippen LogP contribution in [0.1, 0.15) is 32.2 Å². The van der Waals surface area contributed by atoms with Crippen molar-refractivity contribution < 1.29 is 14.0 Å². The molecule has 2 aromatic carbocycles. The van der Waals surface area contributed by atoms with Crippen LogP contribution in [-0.2, 0) is 0 Å². The minimum atomic E-state index is -0.621. The molecule has 1 atom stereocenters. The predicted octanol–water partition coefficient (Wildman–Crippen LogP) is 4.11. The lowest BCUT2D eigenvalue weighted by Crippen LogP contribution is -2.19. The average Bonchev–Trinajstić information content (AvgIpc) is 2.94. The van der Waals surface area contributed by atoms with Crippen LogP contribution in [0.5, 0.6) is 0 Å². The molecule has 4 aromatic rings. The normalized spacial score (nSPS) is 11.7. The minimum Gasteiger partial charge on any atom is -0.369 e. The highest BCUT2D eigenvalue weighted by atomic mass is 32.2. The highest BCUT2D eigenvalue weighted by Crippen LogP contribution is 2.29. The number of nitrogens with zero attached hydrogens (tertiary/aromatic N) is 3. The van der Waals surface area contributed by atoms with Gasteiger partial charge in [0.05, 0.1) is 22.3 Å². The summed E-state index contributed by atoms with van der Waals surface area (Å²) in [4.78, 5) is 37.4. The van der Waals surface area contributed by atoms with Gasteiger partial charge in [-0.25, -0.2) is 14.4 Å². The largest absolute Gasteiger partial charge is 0.369 e.